The number of aromatic nitrogens is 3. The average molecular weight is 880 g/mol. The second kappa shape index (κ2) is 13.6. The summed E-state index contributed by atoms with van der Waals surface area (Å²) in [5, 5.41) is 20.8. The molecule has 3 unspecified atom stereocenters. The molecule has 7 heterocycles. The summed E-state index contributed by atoms with van der Waals surface area (Å²) in [5.41, 5.74) is 3.25. The predicted molar refractivity (Wildman–Crippen MR) is 218 cm³/mol. The molecule has 59 heavy (non-hydrogen) atoms. The number of amides is 2. The van der Waals surface area contributed by atoms with Gasteiger partial charge in [-0.05, 0) is 47.2 Å². The van der Waals surface area contributed by atoms with Gasteiger partial charge in [-0.15, -0.1) is 0 Å². The Morgan fingerprint density at radius 2 is 1.83 bits per heavy atom. The summed E-state index contributed by atoms with van der Waals surface area (Å²) >= 11 is 21.1. The molecule has 19 heteroatoms. The summed E-state index contributed by atoms with van der Waals surface area (Å²) < 4.78 is 26.9. The van der Waals surface area contributed by atoms with Gasteiger partial charge in [0.1, 0.15) is 29.4 Å². The molecule has 1 spiro atoms. The van der Waals surface area contributed by atoms with E-state index in [1.165, 1.54) is 0 Å². The van der Waals surface area contributed by atoms with Gasteiger partial charge in [-0.2, -0.15) is 9.71 Å². The maximum absolute atomic E-state index is 14.3. The van der Waals surface area contributed by atoms with Crippen molar-refractivity contribution < 1.29 is 42.7 Å². The number of carbonyl (C=O) groups excluding carboxylic acids is 2. The Morgan fingerprint density at radius 1 is 1.03 bits per heavy atom. The molecule has 304 valence electrons. The number of fused-ring (bicyclic) bond motifs is 7. The maximum Gasteiger partial charge on any atom is 0.412 e. The number of anilines is 1. The van der Waals surface area contributed by atoms with Crippen LogP contribution in [0.4, 0.5) is 5.69 Å². The first-order valence-electron chi connectivity index (χ1n) is 18.7. The summed E-state index contributed by atoms with van der Waals surface area (Å²) in [7, 11) is -2.92. The second-order valence-corrected chi connectivity index (χ2v) is 17.5. The molecule has 4 aliphatic rings. The minimum atomic E-state index is -2.92. The molecular formula is C40H34Cl3N6O9P. The quantitative estimate of drug-likeness (QED) is 0.0948. The van der Waals surface area contributed by atoms with Gasteiger partial charge in [0.05, 0.1) is 11.1 Å². The Labute approximate surface area is 351 Å². The van der Waals surface area contributed by atoms with Crippen LogP contribution in [0.2, 0.25) is 15.3 Å². The van der Waals surface area contributed by atoms with Crippen LogP contribution in [0, 0.1) is 11.8 Å². The van der Waals surface area contributed by atoms with Gasteiger partial charge in [0, 0.05) is 39.2 Å². The summed E-state index contributed by atoms with van der Waals surface area (Å²) in [6, 6.07) is 12.5. The van der Waals surface area contributed by atoms with E-state index in [4.69, 9.17) is 58.0 Å². The minimum absolute atomic E-state index is 0.0310. The SMILES string of the molecule is CC(C)C1NC(=O)[C@@H](NC(=O)[C@@H](O)C(C)C)Cc2ccc3c(c2)C24c5cc(Cl)cc(c5NC2O3)-c2cccc3c2c(c(Cl)n3OP(O)O)-c2oc(nc2Cl)-c2nc1oc24. The van der Waals surface area contributed by atoms with Crippen molar-refractivity contribution in [2.24, 2.45) is 11.8 Å². The molecule has 0 radical (unpaired) electrons. The van der Waals surface area contributed by atoms with Crippen molar-refractivity contribution in [1.29, 1.82) is 0 Å². The fourth-order valence-electron chi connectivity index (χ4n) is 8.75. The summed E-state index contributed by atoms with van der Waals surface area (Å²) in [5.74, 6) is -1.04. The molecule has 2 amide bonds. The normalized spacial score (nSPS) is 21.4. The smallest absolute Gasteiger partial charge is 0.412 e. The fourth-order valence-corrected chi connectivity index (χ4v) is 9.85. The molecule has 0 aliphatic carbocycles. The fraction of sp³-hybridized carbons (Fsp3) is 0.300. The number of benzene rings is 3. The van der Waals surface area contributed by atoms with Crippen LogP contribution >= 0.6 is 43.4 Å². The van der Waals surface area contributed by atoms with Crippen molar-refractivity contribution in [3.8, 4) is 39.8 Å². The van der Waals surface area contributed by atoms with Gasteiger partial charge in [-0.3, -0.25) is 9.59 Å². The molecule has 3 aromatic carbocycles. The van der Waals surface area contributed by atoms with Crippen molar-refractivity contribution in [3.63, 3.8) is 0 Å². The number of nitrogens with one attached hydrogen (secondary N) is 3. The lowest BCUT2D eigenvalue weighted by Crippen LogP contribution is -2.52. The van der Waals surface area contributed by atoms with Crippen LogP contribution in [-0.4, -0.2) is 59.8 Å². The van der Waals surface area contributed by atoms with E-state index in [9.17, 15) is 24.5 Å². The van der Waals surface area contributed by atoms with E-state index in [0.717, 1.165) is 4.73 Å². The van der Waals surface area contributed by atoms with Crippen LogP contribution < -0.4 is 25.3 Å². The summed E-state index contributed by atoms with van der Waals surface area (Å²) in [4.78, 5) is 57.3. The number of halogens is 3. The highest BCUT2D eigenvalue weighted by Gasteiger charge is 2.62. The second-order valence-electron chi connectivity index (χ2n) is 15.7. The Balaban J connectivity index is 1.31. The van der Waals surface area contributed by atoms with E-state index >= 15 is 0 Å². The van der Waals surface area contributed by atoms with Gasteiger partial charge < -0.3 is 49.0 Å². The van der Waals surface area contributed by atoms with Crippen molar-refractivity contribution in [2.45, 2.75) is 63.9 Å². The zero-order valence-corrected chi connectivity index (χ0v) is 34.7. The summed E-state index contributed by atoms with van der Waals surface area (Å²) in [6.45, 7) is 7.21. The van der Waals surface area contributed by atoms with Crippen LogP contribution in [0.15, 0.2) is 57.4 Å². The first kappa shape index (κ1) is 38.3. The van der Waals surface area contributed by atoms with Crippen LogP contribution in [0.3, 0.4) is 0 Å². The molecule has 0 fully saturated rings. The molecule has 10 rings (SSSR count). The number of rotatable bonds is 6. The molecule has 6 N–H and O–H groups in total. The summed E-state index contributed by atoms with van der Waals surface area (Å²) in [6.07, 6.45) is -2.14. The molecule has 3 aromatic heterocycles. The van der Waals surface area contributed by atoms with Gasteiger partial charge >= 0.3 is 8.60 Å². The number of aliphatic hydroxyl groups excluding tert-OH is 1. The molecule has 0 saturated carbocycles. The van der Waals surface area contributed by atoms with Crippen molar-refractivity contribution >= 4 is 71.8 Å². The Bertz CT molecular complexity index is 2780. The van der Waals surface area contributed by atoms with Gasteiger partial charge in [0.25, 0.3) is 5.89 Å². The van der Waals surface area contributed by atoms with Crippen LogP contribution in [0.5, 0.6) is 5.75 Å². The largest absolute Gasteiger partial charge is 0.469 e. The van der Waals surface area contributed by atoms with E-state index < -0.39 is 56.2 Å². The highest BCUT2D eigenvalue weighted by atomic mass is 35.5. The van der Waals surface area contributed by atoms with Gasteiger partial charge in [-0.25, -0.2) is 4.98 Å². The Kier molecular flexibility index (Phi) is 8.83. The monoisotopic (exact) mass is 878 g/mol. The van der Waals surface area contributed by atoms with E-state index in [0.29, 0.717) is 55.2 Å². The van der Waals surface area contributed by atoms with Crippen LogP contribution in [0.25, 0.3) is 44.9 Å². The molecule has 5 atom stereocenters. The van der Waals surface area contributed by atoms with Gasteiger partial charge in [-0.1, -0.05) is 86.8 Å². The third kappa shape index (κ3) is 5.56. The zero-order chi connectivity index (χ0) is 41.4. The highest BCUT2D eigenvalue weighted by molar-refractivity contribution is 7.39. The molecule has 4 aliphatic heterocycles. The van der Waals surface area contributed by atoms with Crippen molar-refractivity contribution in [1.82, 2.24) is 25.3 Å². The number of aliphatic hydroxyl groups is 1. The minimum Gasteiger partial charge on any atom is -0.469 e. The predicted octanol–water partition coefficient (Wildman–Crippen LogP) is 6.88. The third-order valence-corrected chi connectivity index (χ3v) is 12.6. The maximum atomic E-state index is 14.3. The lowest BCUT2D eigenvalue weighted by Gasteiger charge is -2.29. The van der Waals surface area contributed by atoms with E-state index in [2.05, 4.69) is 20.9 Å². The van der Waals surface area contributed by atoms with Gasteiger partial charge in [0.2, 0.25) is 17.7 Å². The van der Waals surface area contributed by atoms with Gasteiger partial charge in [0.15, 0.2) is 33.7 Å². The molecule has 15 nitrogen and oxygen atoms in total. The standard InChI is InChI=1S/C40H34Cl3N6O9P/c1-14(2)27-37-46-29-32(57-37)40-20-10-16(11-22(35(51)45-27)44-36(52)30(50)15(3)4)8-9-24(20)55-39(40)47-28-19(12-17(41)13-21(28)40)18-6-5-7-23-25(18)26(31-33(42)48-38(29)56-31)34(43)49(23)58-59(53)54/h5-10,12-15,22,27,30,39,47,50,53-54H,11H2,1-4H3,(H,44,52)(H,45,51)/t22-,27?,30-,39?,40?/m0/s1. The number of hydrogen-bond donors (Lipinski definition) is 6. The molecule has 10 bridgehead atoms. The number of carbonyl (C=O) groups is 2. The van der Waals surface area contributed by atoms with E-state index in [1.807, 2.05) is 38.1 Å². The first-order chi connectivity index (χ1) is 28.2. The van der Waals surface area contributed by atoms with Crippen molar-refractivity contribution in [2.75, 3.05) is 5.32 Å². The number of hydrogen-bond acceptors (Lipinski definition) is 12. The molecular weight excluding hydrogens is 846 g/mol. The Morgan fingerprint density at radius 3 is 2.58 bits per heavy atom. The Hall–Kier alpha value is -4.86. The topological polar surface area (TPSA) is 206 Å². The first-order valence-corrected chi connectivity index (χ1v) is 21.0. The van der Waals surface area contributed by atoms with E-state index in [1.54, 1.807) is 38.1 Å². The lowest BCUT2D eigenvalue weighted by molar-refractivity contribution is -0.135. The van der Waals surface area contributed by atoms with E-state index in [-0.39, 0.29) is 57.2 Å². The zero-order valence-electron chi connectivity index (χ0n) is 31.5. The molecule has 0 saturated heterocycles. The number of oxazole rings is 2. The van der Waals surface area contributed by atoms with Crippen LogP contribution in [-0.2, 0) is 21.4 Å². The number of nitrogens with zero attached hydrogens (tertiary/aromatic N) is 3. The lowest BCUT2D eigenvalue weighted by atomic mass is 9.72. The third-order valence-electron chi connectivity index (χ3n) is 11.5. The molecule has 6 aromatic rings. The number of ether oxygens (including phenoxy) is 1. The average Bonchev–Trinajstić information content (AvgIpc) is 3.98. The highest BCUT2D eigenvalue weighted by Crippen LogP contribution is 2.62. The van der Waals surface area contributed by atoms with Crippen molar-refractivity contribution in [3.05, 3.63) is 92.2 Å². The van der Waals surface area contributed by atoms with Crippen LogP contribution in [0.1, 0.15) is 62.1 Å².